The zero-order valence-electron chi connectivity index (χ0n) is 17.4. The van der Waals surface area contributed by atoms with Crippen LogP contribution in [0.4, 0.5) is 11.4 Å². The molecule has 0 fully saturated rings. The Morgan fingerprint density at radius 1 is 0.867 bits per heavy atom. The maximum absolute atomic E-state index is 12.7. The number of carbonyl (C=O) groups is 2. The van der Waals surface area contributed by atoms with E-state index in [9.17, 15) is 9.59 Å². The smallest absolute Gasteiger partial charge is 0.265 e. The van der Waals surface area contributed by atoms with Crippen molar-refractivity contribution >= 4 is 23.2 Å². The topological polar surface area (TPSA) is 67.4 Å². The van der Waals surface area contributed by atoms with Gasteiger partial charge in [-0.25, -0.2) is 0 Å². The summed E-state index contributed by atoms with van der Waals surface area (Å²) < 4.78 is 5.90. The lowest BCUT2D eigenvalue weighted by atomic mass is 10.1. The number of hydrogen-bond acceptors (Lipinski definition) is 3. The number of anilines is 2. The second-order valence-corrected chi connectivity index (χ2v) is 7.17. The van der Waals surface area contributed by atoms with E-state index in [0.717, 1.165) is 16.8 Å². The predicted octanol–water partition coefficient (Wildman–Crippen LogP) is 5.35. The van der Waals surface area contributed by atoms with E-state index >= 15 is 0 Å². The first kappa shape index (κ1) is 21.1. The molecule has 0 aliphatic carbocycles. The van der Waals surface area contributed by atoms with E-state index in [1.807, 2.05) is 69.3 Å². The predicted molar refractivity (Wildman–Crippen MR) is 120 cm³/mol. The zero-order chi connectivity index (χ0) is 21.5. The number of benzene rings is 3. The lowest BCUT2D eigenvalue weighted by molar-refractivity contribution is -0.122. The Bertz CT molecular complexity index is 1050. The minimum absolute atomic E-state index is 0.236. The van der Waals surface area contributed by atoms with E-state index in [4.69, 9.17) is 4.74 Å². The first-order chi connectivity index (χ1) is 14.5. The monoisotopic (exact) mass is 402 g/mol. The Labute approximate surface area is 177 Å². The van der Waals surface area contributed by atoms with E-state index in [1.54, 1.807) is 24.3 Å². The first-order valence-corrected chi connectivity index (χ1v) is 9.97. The highest BCUT2D eigenvalue weighted by Gasteiger charge is 2.19. The number of ether oxygens (including phenoxy) is 1. The second-order valence-electron chi connectivity index (χ2n) is 7.17. The van der Waals surface area contributed by atoms with Gasteiger partial charge in [0.2, 0.25) is 0 Å². The van der Waals surface area contributed by atoms with Crippen molar-refractivity contribution in [3.63, 3.8) is 0 Å². The zero-order valence-corrected chi connectivity index (χ0v) is 17.4. The van der Waals surface area contributed by atoms with Crippen LogP contribution in [0.3, 0.4) is 0 Å². The summed E-state index contributed by atoms with van der Waals surface area (Å²) in [5.74, 6) is 0.197. The van der Waals surface area contributed by atoms with Gasteiger partial charge in [0.15, 0.2) is 6.10 Å². The average molecular weight is 402 g/mol. The molecule has 0 aliphatic rings. The molecule has 2 amide bonds. The van der Waals surface area contributed by atoms with Crippen LogP contribution in [0.5, 0.6) is 5.75 Å². The number of aryl methyl sites for hydroxylation is 2. The van der Waals surface area contributed by atoms with Crippen molar-refractivity contribution in [1.82, 2.24) is 0 Å². The van der Waals surface area contributed by atoms with Crippen molar-refractivity contribution in [2.45, 2.75) is 33.3 Å². The third-order valence-electron chi connectivity index (χ3n) is 4.69. The molecule has 3 aromatic carbocycles. The summed E-state index contributed by atoms with van der Waals surface area (Å²) in [6.07, 6.45) is -0.107. The second kappa shape index (κ2) is 9.74. The Morgan fingerprint density at radius 3 is 2.27 bits per heavy atom. The highest BCUT2D eigenvalue weighted by molar-refractivity contribution is 6.05. The molecule has 0 saturated heterocycles. The van der Waals surface area contributed by atoms with Crippen molar-refractivity contribution < 1.29 is 14.3 Å². The third kappa shape index (κ3) is 5.47. The minimum Gasteiger partial charge on any atom is -0.480 e. The highest BCUT2D eigenvalue weighted by atomic mass is 16.5. The fourth-order valence-corrected chi connectivity index (χ4v) is 3.05. The Kier molecular flexibility index (Phi) is 6.86. The van der Waals surface area contributed by atoms with Crippen molar-refractivity contribution in [1.29, 1.82) is 0 Å². The maximum Gasteiger partial charge on any atom is 0.265 e. The van der Waals surface area contributed by atoms with Crippen LogP contribution < -0.4 is 15.4 Å². The molecular weight excluding hydrogens is 376 g/mol. The molecule has 2 N–H and O–H groups in total. The molecule has 1 atom stereocenters. The molecule has 0 aliphatic heterocycles. The van der Waals surface area contributed by atoms with Gasteiger partial charge in [0.1, 0.15) is 5.75 Å². The van der Waals surface area contributed by atoms with Crippen LogP contribution in [0.1, 0.15) is 34.8 Å². The van der Waals surface area contributed by atoms with Gasteiger partial charge in [-0.1, -0.05) is 43.3 Å². The first-order valence-electron chi connectivity index (χ1n) is 9.97. The summed E-state index contributed by atoms with van der Waals surface area (Å²) >= 11 is 0. The van der Waals surface area contributed by atoms with Gasteiger partial charge in [0.25, 0.3) is 11.8 Å². The van der Waals surface area contributed by atoms with Gasteiger partial charge >= 0.3 is 0 Å². The largest absolute Gasteiger partial charge is 0.480 e. The standard InChI is InChI=1S/C25H26N2O3/c1-4-22(30-23-14-6-5-10-18(23)3)25(29)27-21-13-8-11-19(16-21)24(28)26-20-12-7-9-17(2)15-20/h5-16,22H,4H2,1-3H3,(H,26,28)(H,27,29). The molecule has 0 aromatic heterocycles. The normalized spacial score (nSPS) is 11.4. The number of amides is 2. The van der Waals surface area contributed by atoms with E-state index < -0.39 is 6.10 Å². The van der Waals surface area contributed by atoms with Crippen LogP contribution >= 0.6 is 0 Å². The Balaban J connectivity index is 1.68. The van der Waals surface area contributed by atoms with Crippen molar-refractivity contribution in [2.75, 3.05) is 10.6 Å². The molecule has 5 heteroatoms. The molecule has 0 spiro atoms. The van der Waals surface area contributed by atoms with Gasteiger partial charge in [0.05, 0.1) is 0 Å². The van der Waals surface area contributed by atoms with Crippen LogP contribution in [-0.4, -0.2) is 17.9 Å². The van der Waals surface area contributed by atoms with Gasteiger partial charge in [-0.3, -0.25) is 9.59 Å². The maximum atomic E-state index is 12.7. The fourth-order valence-electron chi connectivity index (χ4n) is 3.05. The quantitative estimate of drug-likeness (QED) is 0.560. The van der Waals surface area contributed by atoms with Gasteiger partial charge in [-0.2, -0.15) is 0 Å². The van der Waals surface area contributed by atoms with Crippen LogP contribution in [0.2, 0.25) is 0 Å². The molecular formula is C25H26N2O3. The summed E-state index contributed by atoms with van der Waals surface area (Å²) in [5.41, 5.74) is 3.77. The van der Waals surface area contributed by atoms with Crippen molar-refractivity contribution in [3.05, 3.63) is 89.5 Å². The molecule has 0 heterocycles. The highest BCUT2D eigenvalue weighted by Crippen LogP contribution is 2.20. The number of nitrogens with one attached hydrogen (secondary N) is 2. The van der Waals surface area contributed by atoms with Gasteiger partial charge in [-0.05, 0) is 67.8 Å². The van der Waals surface area contributed by atoms with E-state index in [0.29, 0.717) is 23.4 Å². The number of para-hydroxylation sites is 1. The minimum atomic E-state index is -0.629. The number of carbonyl (C=O) groups excluding carboxylic acids is 2. The molecule has 3 rings (SSSR count). The van der Waals surface area contributed by atoms with Crippen LogP contribution in [0.15, 0.2) is 72.8 Å². The van der Waals surface area contributed by atoms with Crippen LogP contribution in [0, 0.1) is 13.8 Å². The SMILES string of the molecule is CCC(Oc1ccccc1C)C(=O)Nc1cccc(C(=O)Nc2cccc(C)c2)c1. The fraction of sp³-hybridized carbons (Fsp3) is 0.200. The molecule has 154 valence electrons. The Morgan fingerprint density at radius 2 is 1.57 bits per heavy atom. The van der Waals surface area contributed by atoms with Gasteiger partial charge in [0, 0.05) is 16.9 Å². The number of hydrogen-bond donors (Lipinski definition) is 2. The summed E-state index contributed by atoms with van der Waals surface area (Å²) in [5, 5.41) is 5.73. The molecule has 0 bridgehead atoms. The molecule has 1 unspecified atom stereocenters. The number of rotatable bonds is 7. The summed E-state index contributed by atoms with van der Waals surface area (Å²) in [6, 6.07) is 22.0. The third-order valence-corrected chi connectivity index (χ3v) is 4.69. The van der Waals surface area contributed by atoms with Crippen LogP contribution in [0.25, 0.3) is 0 Å². The average Bonchev–Trinajstić information content (AvgIpc) is 2.73. The van der Waals surface area contributed by atoms with Gasteiger partial charge in [-0.15, -0.1) is 0 Å². The molecule has 0 saturated carbocycles. The molecule has 5 nitrogen and oxygen atoms in total. The lowest BCUT2D eigenvalue weighted by Gasteiger charge is -2.18. The van der Waals surface area contributed by atoms with E-state index in [2.05, 4.69) is 10.6 Å². The summed E-state index contributed by atoms with van der Waals surface area (Å²) in [4.78, 5) is 25.3. The lowest BCUT2D eigenvalue weighted by Crippen LogP contribution is -2.32. The molecule has 3 aromatic rings. The molecule has 0 radical (unpaired) electrons. The van der Waals surface area contributed by atoms with Crippen LogP contribution in [-0.2, 0) is 4.79 Å². The van der Waals surface area contributed by atoms with E-state index in [-0.39, 0.29) is 11.8 Å². The van der Waals surface area contributed by atoms with Crippen molar-refractivity contribution in [3.8, 4) is 5.75 Å². The summed E-state index contributed by atoms with van der Waals surface area (Å²) in [7, 11) is 0. The summed E-state index contributed by atoms with van der Waals surface area (Å²) in [6.45, 7) is 5.81. The Hall–Kier alpha value is -3.60. The van der Waals surface area contributed by atoms with Gasteiger partial charge < -0.3 is 15.4 Å². The van der Waals surface area contributed by atoms with E-state index in [1.165, 1.54) is 0 Å². The van der Waals surface area contributed by atoms with Crippen molar-refractivity contribution in [2.24, 2.45) is 0 Å². The molecule has 30 heavy (non-hydrogen) atoms.